The van der Waals surface area contributed by atoms with Crippen LogP contribution in [0, 0.1) is 45.3 Å². The monoisotopic (exact) mass is 1270 g/mol. The molecule has 0 aromatic rings. The number of aliphatic hydroxyl groups is 17. The summed E-state index contributed by atoms with van der Waals surface area (Å²) in [5.74, 6) is 0.897. The number of rotatable bonds is 20. The van der Waals surface area contributed by atoms with E-state index in [0.717, 1.165) is 38.5 Å². The van der Waals surface area contributed by atoms with Gasteiger partial charge in [-0.25, -0.2) is 0 Å². The van der Waals surface area contributed by atoms with Crippen LogP contribution < -0.4 is 0 Å². The lowest BCUT2D eigenvalue weighted by molar-refractivity contribution is -0.379. The second-order valence-corrected chi connectivity index (χ2v) is 28.8. The Labute approximate surface area is 514 Å². The summed E-state index contributed by atoms with van der Waals surface area (Å²) in [6, 6.07) is 0. The minimum absolute atomic E-state index is 0.0787. The van der Waals surface area contributed by atoms with E-state index in [9.17, 15) is 86.8 Å². The lowest BCUT2D eigenvalue weighted by Crippen LogP contribution is -2.65. The highest BCUT2D eigenvalue weighted by atomic mass is 16.8. The quantitative estimate of drug-likeness (QED) is 0.0542. The summed E-state index contributed by atoms with van der Waals surface area (Å²) in [6.45, 7) is 15.9. The van der Waals surface area contributed by atoms with Gasteiger partial charge in [-0.15, -0.1) is 0 Å². The smallest absolute Gasteiger partial charge is 0.187 e. The van der Waals surface area contributed by atoms with E-state index in [2.05, 4.69) is 47.6 Å². The Hall–Kier alpha value is -1.34. The van der Waals surface area contributed by atoms with Crippen molar-refractivity contribution >= 4 is 0 Å². The Kier molecular flexibility index (Phi) is 22.1. The van der Waals surface area contributed by atoms with Crippen molar-refractivity contribution in [1.82, 2.24) is 0 Å². The molecule has 5 aliphatic heterocycles. The minimum Gasteiger partial charge on any atom is -0.394 e. The van der Waals surface area contributed by atoms with Gasteiger partial charge in [0.2, 0.25) is 0 Å². The van der Waals surface area contributed by atoms with Crippen LogP contribution in [0.15, 0.2) is 11.6 Å². The third kappa shape index (κ3) is 12.9. The van der Waals surface area contributed by atoms with Crippen LogP contribution in [0.2, 0.25) is 0 Å². The Morgan fingerprint density at radius 3 is 1.59 bits per heavy atom. The number of hydrogen-bond acceptors (Lipinski definition) is 27. The van der Waals surface area contributed by atoms with Gasteiger partial charge in [-0.3, -0.25) is 0 Å². The predicted octanol–water partition coefficient (Wildman–Crippen LogP) is -2.96. The van der Waals surface area contributed by atoms with Crippen LogP contribution in [-0.4, -0.2) is 285 Å². The molecule has 88 heavy (non-hydrogen) atoms. The average Bonchev–Trinajstić information content (AvgIpc) is 1.13. The zero-order valence-corrected chi connectivity index (χ0v) is 52.1. The van der Waals surface area contributed by atoms with Crippen molar-refractivity contribution in [3.8, 4) is 0 Å². The fraction of sp³-hybridized carbons (Fsp3) is 0.967. The van der Waals surface area contributed by atoms with Gasteiger partial charge in [0.05, 0.1) is 50.3 Å². The number of ether oxygens (including phenoxy) is 10. The van der Waals surface area contributed by atoms with Gasteiger partial charge in [-0.05, 0) is 118 Å². The zero-order chi connectivity index (χ0) is 64.7. The van der Waals surface area contributed by atoms with Gasteiger partial charge < -0.3 is 134 Å². The molecule has 4 aliphatic carbocycles. The third-order valence-electron chi connectivity index (χ3n) is 23.1. The van der Waals surface area contributed by atoms with Crippen LogP contribution in [0.5, 0.6) is 0 Å². The van der Waals surface area contributed by atoms with Crippen LogP contribution in [-0.2, 0) is 47.4 Å². The maximum absolute atomic E-state index is 11.9. The van der Waals surface area contributed by atoms with Gasteiger partial charge in [-0.2, -0.15) is 0 Å². The molecule has 8 fully saturated rings. The summed E-state index contributed by atoms with van der Waals surface area (Å²) in [5, 5.41) is 183. The molecule has 5 heterocycles. The van der Waals surface area contributed by atoms with Crippen molar-refractivity contribution in [1.29, 1.82) is 0 Å². The van der Waals surface area contributed by atoms with Gasteiger partial charge in [0.15, 0.2) is 31.5 Å². The van der Waals surface area contributed by atoms with E-state index < -0.39 is 203 Å². The summed E-state index contributed by atoms with van der Waals surface area (Å²) in [5.41, 5.74) is -1.11. The highest BCUT2D eigenvalue weighted by Gasteiger charge is 2.68. The fourth-order valence-corrected chi connectivity index (χ4v) is 17.3. The number of hydrogen-bond donors (Lipinski definition) is 17. The molecule has 3 saturated carbocycles. The average molecular weight is 1270 g/mol. The summed E-state index contributed by atoms with van der Waals surface area (Å²) in [6.07, 6.45) is -31.8. The van der Waals surface area contributed by atoms with Gasteiger partial charge in [0.25, 0.3) is 0 Å². The van der Waals surface area contributed by atoms with E-state index in [-0.39, 0.29) is 46.8 Å². The van der Waals surface area contributed by atoms with Gasteiger partial charge >= 0.3 is 0 Å². The Balaban J connectivity index is 0.872. The largest absolute Gasteiger partial charge is 0.394 e. The first-order valence-corrected chi connectivity index (χ1v) is 31.8. The molecule has 510 valence electrons. The highest BCUT2D eigenvalue weighted by molar-refractivity contribution is 5.30. The second-order valence-electron chi connectivity index (χ2n) is 28.8. The topological polar surface area (TPSA) is 436 Å². The maximum Gasteiger partial charge on any atom is 0.187 e. The van der Waals surface area contributed by atoms with Crippen molar-refractivity contribution in [3.05, 3.63) is 11.6 Å². The molecule has 34 atom stereocenters. The molecule has 27 nitrogen and oxygen atoms in total. The van der Waals surface area contributed by atoms with E-state index in [1.165, 1.54) is 5.57 Å². The molecule has 0 aromatic heterocycles. The second kappa shape index (κ2) is 27.4. The van der Waals surface area contributed by atoms with Gasteiger partial charge in [0, 0.05) is 5.41 Å². The van der Waals surface area contributed by atoms with Crippen LogP contribution >= 0.6 is 0 Å². The lowest BCUT2D eigenvalue weighted by Gasteiger charge is -2.66. The Morgan fingerprint density at radius 1 is 0.523 bits per heavy atom. The lowest BCUT2D eigenvalue weighted by atomic mass is 9.39. The molecule has 0 aromatic carbocycles. The van der Waals surface area contributed by atoms with Crippen LogP contribution in [0.4, 0.5) is 0 Å². The first-order valence-electron chi connectivity index (χ1n) is 31.8. The van der Waals surface area contributed by atoms with Crippen molar-refractivity contribution in [2.75, 3.05) is 26.4 Å². The van der Waals surface area contributed by atoms with E-state index in [4.69, 9.17) is 47.4 Å². The van der Waals surface area contributed by atoms with Crippen molar-refractivity contribution in [3.63, 3.8) is 0 Å². The number of aliphatic hydroxyl groups excluding tert-OH is 16. The molecule has 17 N–H and O–H groups in total. The van der Waals surface area contributed by atoms with E-state index >= 15 is 0 Å². The van der Waals surface area contributed by atoms with Crippen molar-refractivity contribution < 1.29 is 134 Å². The summed E-state index contributed by atoms with van der Waals surface area (Å²) in [4.78, 5) is 0. The molecular weight excluding hydrogens is 1160 g/mol. The van der Waals surface area contributed by atoms with Crippen molar-refractivity contribution in [2.24, 2.45) is 45.3 Å². The van der Waals surface area contributed by atoms with E-state index in [1.807, 2.05) is 0 Å². The molecule has 0 amide bonds. The van der Waals surface area contributed by atoms with Crippen molar-refractivity contribution in [2.45, 2.75) is 298 Å². The molecule has 3 unspecified atom stereocenters. The fourth-order valence-electron chi connectivity index (χ4n) is 17.3. The first-order chi connectivity index (χ1) is 41.2. The number of allylic oxidation sites excluding steroid dienone is 1. The summed E-state index contributed by atoms with van der Waals surface area (Å²) < 4.78 is 60.2. The van der Waals surface area contributed by atoms with Gasteiger partial charge in [-0.1, -0.05) is 60.1 Å². The van der Waals surface area contributed by atoms with E-state index in [0.29, 0.717) is 18.8 Å². The molecular formula is C61H104O27. The highest BCUT2D eigenvalue weighted by Crippen LogP contribution is 2.75. The molecule has 27 heteroatoms. The Bertz CT molecular complexity index is 2300. The van der Waals surface area contributed by atoms with Crippen LogP contribution in [0.25, 0.3) is 0 Å². The third-order valence-corrected chi connectivity index (χ3v) is 23.1. The minimum atomic E-state index is -1.87. The molecule has 9 rings (SSSR count). The summed E-state index contributed by atoms with van der Waals surface area (Å²) >= 11 is 0. The molecule has 5 saturated heterocycles. The molecule has 9 aliphatic rings. The SMILES string of the molecule is CC[C@@H]1O[C@H](O[C@H]2[C@H](O[C@H](CC[C@@H](C)C3CC[C@@]4(C)C5CC=C6C(CC[C@H](O[C@@H]7O[C@H](CO)[C@@H](O[C@@H]8O[C@H](CO)[C@@H](O)[C@H](O)[C@H]8O)[C@H](O)[C@H]7O)C6(C)C)[C@]5(C)CC[C@]34C)C(C)(C)O)O[C@H](CO[C@@H]3O[C@H](CO)[C@@H](O)[C@H](O)[C@H]3O)[C@@H](O)[C@@H]2O)[C@@H](O)[C@H](O)[C@H]1O. The zero-order valence-electron chi connectivity index (χ0n) is 52.1. The van der Waals surface area contributed by atoms with E-state index in [1.54, 1.807) is 20.8 Å². The van der Waals surface area contributed by atoms with Gasteiger partial charge in [0.1, 0.15) is 116 Å². The molecule has 0 bridgehead atoms. The van der Waals surface area contributed by atoms with Crippen LogP contribution in [0.3, 0.4) is 0 Å². The molecule has 0 spiro atoms. The number of fused-ring (bicyclic) bond motifs is 5. The first kappa shape index (κ1) is 71.0. The standard InChI is InChI=1S/C61H104O27/c1-10-29-37(65)41(69)47(75)54(80-29)88-51-44(72)40(68)33(24-79-52-46(74)42(70)38(66)30(21-62)81-52)84-56(51)86-36(58(5,6)78)15-11-25(2)26-17-18-61(9)34-14-12-27-28(59(34,7)19-20-60(26,61)8)13-16-35(57(27,3)4)85-53-49(77)45(73)50(32(23-64)83-53)87-55-48(76)43(71)39(67)31(22-63)82-55/h12,25-26,28-56,62-78H,10-11,13-24H2,1-9H3/t25-,26?,28?,29+,30-,31-,32-,33-,34?,35+,36-,37+,38-,39-,40-,41-,42+,43+,44+,45-,46-,47+,48-,49-,50-,51-,52-,53+,54-,55+,56+,59+,60-,61+/m1/s1. The Morgan fingerprint density at radius 2 is 1.01 bits per heavy atom. The normalized spacial score (nSPS) is 51.4. The molecule has 0 radical (unpaired) electrons. The van der Waals surface area contributed by atoms with Crippen LogP contribution in [0.1, 0.15) is 127 Å². The summed E-state index contributed by atoms with van der Waals surface area (Å²) in [7, 11) is 0. The predicted molar refractivity (Wildman–Crippen MR) is 302 cm³/mol. The maximum atomic E-state index is 11.9.